The molecule has 0 atom stereocenters. The van der Waals surface area contributed by atoms with Crippen molar-refractivity contribution in [3.8, 4) is 28.8 Å². The lowest BCUT2D eigenvalue weighted by Crippen LogP contribution is -2.06. The van der Waals surface area contributed by atoms with Gasteiger partial charge in [-0.25, -0.2) is 9.78 Å². The van der Waals surface area contributed by atoms with E-state index in [2.05, 4.69) is 21.9 Å². The lowest BCUT2D eigenvalue weighted by atomic mass is 10.0. The Kier molecular flexibility index (Phi) is 5.19. The number of carbonyl (C=O) groups is 1. The van der Waals surface area contributed by atoms with Gasteiger partial charge in [-0.2, -0.15) is 5.10 Å². The minimum absolute atomic E-state index is 0.213. The number of hydrogen-bond acceptors (Lipinski definition) is 4. The third-order valence-corrected chi connectivity index (χ3v) is 4.86. The molecular formula is C24H19N3O3. The molecule has 0 aliphatic carbocycles. The summed E-state index contributed by atoms with van der Waals surface area (Å²) in [6.45, 7) is 2.20. The number of rotatable bonds is 5. The van der Waals surface area contributed by atoms with Crippen LogP contribution in [0.2, 0.25) is 0 Å². The standard InChI is InChI=1S/C24H19N3O3/c1-3-4-18-9-10-20(24(28)29)23-21(18)14-26-27(23)15-16-5-7-17(8-6-16)19-11-12-25-22(13-19)30-2/h5-14H,15H2,1-2H3,(H,28,29). The van der Waals surface area contributed by atoms with E-state index in [0.29, 0.717) is 17.9 Å². The van der Waals surface area contributed by atoms with Crippen molar-refractivity contribution in [1.29, 1.82) is 0 Å². The summed E-state index contributed by atoms with van der Waals surface area (Å²) in [5, 5.41) is 14.8. The number of benzene rings is 2. The SMILES string of the molecule is CC#Cc1ccc(C(=O)O)c2c1cnn2Cc1ccc(-c2ccnc(OC)c2)cc1. The zero-order valence-corrected chi connectivity index (χ0v) is 16.6. The first-order valence-electron chi connectivity index (χ1n) is 9.34. The average Bonchev–Trinajstić information content (AvgIpc) is 3.18. The summed E-state index contributed by atoms with van der Waals surface area (Å²) in [6.07, 6.45) is 3.39. The minimum atomic E-state index is -0.986. The van der Waals surface area contributed by atoms with Crippen LogP contribution in [-0.4, -0.2) is 33.0 Å². The molecule has 0 saturated heterocycles. The maximum Gasteiger partial charge on any atom is 0.337 e. The zero-order chi connectivity index (χ0) is 21.1. The molecule has 0 aliphatic heterocycles. The molecule has 0 amide bonds. The van der Waals surface area contributed by atoms with Gasteiger partial charge in [0.1, 0.15) is 0 Å². The molecule has 0 radical (unpaired) electrons. The molecule has 0 fully saturated rings. The fraction of sp³-hybridized carbons (Fsp3) is 0.125. The smallest absolute Gasteiger partial charge is 0.337 e. The molecule has 0 saturated carbocycles. The number of fused-ring (bicyclic) bond motifs is 1. The van der Waals surface area contributed by atoms with Gasteiger partial charge in [-0.05, 0) is 41.8 Å². The topological polar surface area (TPSA) is 77.2 Å². The van der Waals surface area contributed by atoms with Crippen LogP contribution >= 0.6 is 0 Å². The van der Waals surface area contributed by atoms with Gasteiger partial charge in [0.05, 0.1) is 30.9 Å². The predicted octanol–water partition coefficient (Wildman–Crippen LogP) is 4.22. The van der Waals surface area contributed by atoms with Crippen LogP contribution in [-0.2, 0) is 6.54 Å². The number of carboxylic acid groups (broad SMARTS) is 1. The molecule has 2 aromatic heterocycles. The number of carboxylic acids is 1. The van der Waals surface area contributed by atoms with Crippen molar-refractivity contribution in [1.82, 2.24) is 14.8 Å². The van der Waals surface area contributed by atoms with Crippen molar-refractivity contribution in [2.45, 2.75) is 13.5 Å². The van der Waals surface area contributed by atoms with Crippen molar-refractivity contribution in [3.05, 3.63) is 77.6 Å². The molecule has 148 valence electrons. The van der Waals surface area contributed by atoms with Crippen molar-refractivity contribution in [3.63, 3.8) is 0 Å². The normalized spacial score (nSPS) is 10.5. The number of hydrogen-bond donors (Lipinski definition) is 1. The van der Waals surface area contributed by atoms with E-state index in [-0.39, 0.29) is 5.56 Å². The summed E-state index contributed by atoms with van der Waals surface area (Å²) in [6, 6.07) is 15.2. The van der Waals surface area contributed by atoms with Crippen molar-refractivity contribution >= 4 is 16.9 Å². The Labute approximate surface area is 173 Å². The van der Waals surface area contributed by atoms with Gasteiger partial charge >= 0.3 is 5.97 Å². The fourth-order valence-corrected chi connectivity index (χ4v) is 3.41. The van der Waals surface area contributed by atoms with Crippen LogP contribution in [0.4, 0.5) is 0 Å². The van der Waals surface area contributed by atoms with E-state index in [1.165, 1.54) is 0 Å². The van der Waals surface area contributed by atoms with Gasteiger partial charge in [0, 0.05) is 23.2 Å². The fourth-order valence-electron chi connectivity index (χ4n) is 3.41. The van der Waals surface area contributed by atoms with E-state index in [1.54, 1.807) is 43.2 Å². The Morgan fingerprint density at radius 3 is 2.63 bits per heavy atom. The number of pyridine rings is 1. The summed E-state index contributed by atoms with van der Waals surface area (Å²) >= 11 is 0. The first-order valence-corrected chi connectivity index (χ1v) is 9.34. The van der Waals surface area contributed by atoms with E-state index >= 15 is 0 Å². The maximum absolute atomic E-state index is 11.7. The number of aromatic nitrogens is 3. The van der Waals surface area contributed by atoms with Gasteiger partial charge in [-0.15, -0.1) is 5.92 Å². The number of aromatic carboxylic acids is 1. The summed E-state index contributed by atoms with van der Waals surface area (Å²) in [4.78, 5) is 15.9. The highest BCUT2D eigenvalue weighted by molar-refractivity contribution is 6.03. The van der Waals surface area contributed by atoms with Gasteiger partial charge in [0.25, 0.3) is 0 Å². The molecular weight excluding hydrogens is 378 g/mol. The molecule has 0 unspecified atom stereocenters. The summed E-state index contributed by atoms with van der Waals surface area (Å²) in [5.74, 6) is 5.46. The molecule has 6 nitrogen and oxygen atoms in total. The summed E-state index contributed by atoms with van der Waals surface area (Å²) < 4.78 is 6.90. The Bertz CT molecular complexity index is 1300. The van der Waals surface area contributed by atoms with Crippen molar-refractivity contribution in [2.75, 3.05) is 7.11 Å². The molecule has 2 aromatic carbocycles. The molecule has 2 heterocycles. The van der Waals surface area contributed by atoms with Crippen LogP contribution in [0.5, 0.6) is 5.88 Å². The van der Waals surface area contributed by atoms with E-state index in [1.807, 2.05) is 36.4 Å². The van der Waals surface area contributed by atoms with E-state index in [4.69, 9.17) is 4.74 Å². The van der Waals surface area contributed by atoms with E-state index in [0.717, 1.165) is 27.6 Å². The third kappa shape index (κ3) is 3.61. The van der Waals surface area contributed by atoms with E-state index < -0.39 is 5.97 Å². The number of ether oxygens (including phenoxy) is 1. The third-order valence-electron chi connectivity index (χ3n) is 4.86. The van der Waals surface area contributed by atoms with Crippen molar-refractivity contribution in [2.24, 2.45) is 0 Å². The van der Waals surface area contributed by atoms with Crippen LogP contribution in [0.3, 0.4) is 0 Å². The lowest BCUT2D eigenvalue weighted by molar-refractivity contribution is 0.0698. The Hall–Kier alpha value is -4.11. The first-order chi connectivity index (χ1) is 14.6. The molecule has 0 bridgehead atoms. The van der Waals surface area contributed by atoms with Gasteiger partial charge < -0.3 is 9.84 Å². The van der Waals surface area contributed by atoms with Gasteiger partial charge in [-0.1, -0.05) is 30.2 Å². The van der Waals surface area contributed by atoms with Crippen LogP contribution in [0.25, 0.3) is 22.0 Å². The highest BCUT2D eigenvalue weighted by Gasteiger charge is 2.16. The maximum atomic E-state index is 11.7. The first kappa shape index (κ1) is 19.2. The number of methoxy groups -OCH3 is 1. The monoisotopic (exact) mass is 397 g/mol. The second kappa shape index (κ2) is 8.10. The second-order valence-corrected chi connectivity index (χ2v) is 6.69. The van der Waals surface area contributed by atoms with Crippen LogP contribution in [0.1, 0.15) is 28.4 Å². The highest BCUT2D eigenvalue weighted by atomic mass is 16.5. The van der Waals surface area contributed by atoms with Crippen LogP contribution in [0.15, 0.2) is 60.9 Å². The Balaban J connectivity index is 1.69. The molecule has 1 N–H and O–H groups in total. The van der Waals surface area contributed by atoms with Gasteiger partial charge in [-0.3, -0.25) is 4.68 Å². The highest BCUT2D eigenvalue weighted by Crippen LogP contribution is 2.25. The predicted molar refractivity (Wildman–Crippen MR) is 115 cm³/mol. The molecule has 4 rings (SSSR count). The van der Waals surface area contributed by atoms with Gasteiger partial charge in [0.15, 0.2) is 0 Å². The largest absolute Gasteiger partial charge is 0.481 e. The van der Waals surface area contributed by atoms with Gasteiger partial charge in [0.2, 0.25) is 5.88 Å². The van der Waals surface area contributed by atoms with Crippen LogP contribution in [0, 0.1) is 11.8 Å². The molecule has 30 heavy (non-hydrogen) atoms. The quantitative estimate of drug-likeness (QED) is 0.510. The summed E-state index contributed by atoms with van der Waals surface area (Å²) in [7, 11) is 1.59. The average molecular weight is 397 g/mol. The Morgan fingerprint density at radius 2 is 1.93 bits per heavy atom. The van der Waals surface area contributed by atoms with E-state index in [9.17, 15) is 9.90 Å². The summed E-state index contributed by atoms with van der Waals surface area (Å²) in [5.41, 5.74) is 4.61. The number of nitrogens with zero attached hydrogens (tertiary/aromatic N) is 3. The van der Waals surface area contributed by atoms with Crippen LogP contribution < -0.4 is 4.74 Å². The zero-order valence-electron chi connectivity index (χ0n) is 16.6. The molecule has 0 aliphatic rings. The second-order valence-electron chi connectivity index (χ2n) is 6.69. The minimum Gasteiger partial charge on any atom is -0.481 e. The lowest BCUT2D eigenvalue weighted by Gasteiger charge is -2.09. The van der Waals surface area contributed by atoms with Crippen molar-refractivity contribution < 1.29 is 14.6 Å². The molecule has 6 heteroatoms. The molecule has 0 spiro atoms. The Morgan fingerprint density at radius 1 is 1.13 bits per heavy atom. The molecule has 4 aromatic rings.